The molecule has 1 aromatic carbocycles. The molecule has 1 aliphatic heterocycles. The minimum atomic E-state index is -0.273. The fraction of sp³-hybridized carbons (Fsp3) is 0.294. The standard InChI is InChI=1S/C17H14N4O4/c22-17-15-14(11-3-1-2-4-12(11)24-15)18-9-21(17)7-13-19-16(20-25-13)10-5-6-23-8-10/h1-4,9-10H,5-8H2. The van der Waals surface area contributed by atoms with Crippen LogP contribution >= 0.6 is 0 Å². The summed E-state index contributed by atoms with van der Waals surface area (Å²) in [5, 5.41) is 4.82. The molecular weight excluding hydrogens is 324 g/mol. The molecule has 4 aromatic rings. The number of nitrogens with zero attached hydrogens (tertiary/aromatic N) is 4. The van der Waals surface area contributed by atoms with E-state index in [1.807, 2.05) is 24.3 Å². The maximum Gasteiger partial charge on any atom is 0.297 e. The number of furan rings is 1. The number of fused-ring (bicyclic) bond motifs is 3. The third kappa shape index (κ3) is 2.33. The first-order chi connectivity index (χ1) is 12.3. The third-order valence-corrected chi connectivity index (χ3v) is 4.43. The van der Waals surface area contributed by atoms with Crippen LogP contribution in [-0.2, 0) is 11.3 Å². The van der Waals surface area contributed by atoms with Crippen LogP contribution in [0.5, 0.6) is 0 Å². The highest BCUT2D eigenvalue weighted by Gasteiger charge is 2.23. The summed E-state index contributed by atoms with van der Waals surface area (Å²) in [5.41, 5.74) is 1.16. The van der Waals surface area contributed by atoms with Crippen LogP contribution in [0.4, 0.5) is 0 Å². The zero-order valence-corrected chi connectivity index (χ0v) is 13.2. The van der Waals surface area contributed by atoms with Crippen LogP contribution in [0.2, 0.25) is 0 Å². The zero-order chi connectivity index (χ0) is 16.8. The van der Waals surface area contributed by atoms with Crippen molar-refractivity contribution in [1.82, 2.24) is 19.7 Å². The van der Waals surface area contributed by atoms with Gasteiger partial charge in [-0.15, -0.1) is 0 Å². The molecule has 1 aliphatic rings. The number of aromatic nitrogens is 4. The SMILES string of the molecule is O=c1c2oc3ccccc3c2ncn1Cc1nc(C2CCOC2)no1. The average molecular weight is 338 g/mol. The van der Waals surface area contributed by atoms with E-state index in [-0.39, 0.29) is 23.6 Å². The Balaban J connectivity index is 1.51. The summed E-state index contributed by atoms with van der Waals surface area (Å²) in [7, 11) is 0. The molecule has 126 valence electrons. The number of rotatable bonds is 3. The van der Waals surface area contributed by atoms with E-state index in [0.717, 1.165) is 11.8 Å². The molecule has 3 aromatic heterocycles. The van der Waals surface area contributed by atoms with Crippen molar-refractivity contribution in [3.05, 3.63) is 52.7 Å². The minimum Gasteiger partial charge on any atom is -0.448 e. The van der Waals surface area contributed by atoms with Gasteiger partial charge < -0.3 is 13.7 Å². The summed E-state index contributed by atoms with van der Waals surface area (Å²) in [4.78, 5) is 21.4. The first-order valence-electron chi connectivity index (χ1n) is 8.06. The Bertz CT molecular complexity index is 1120. The van der Waals surface area contributed by atoms with Gasteiger partial charge in [0.15, 0.2) is 5.82 Å². The van der Waals surface area contributed by atoms with Crippen molar-refractivity contribution in [1.29, 1.82) is 0 Å². The smallest absolute Gasteiger partial charge is 0.297 e. The molecule has 4 heterocycles. The number of para-hydroxylation sites is 1. The predicted molar refractivity (Wildman–Crippen MR) is 87.4 cm³/mol. The molecule has 25 heavy (non-hydrogen) atoms. The van der Waals surface area contributed by atoms with Gasteiger partial charge in [-0.25, -0.2) is 4.98 Å². The van der Waals surface area contributed by atoms with Gasteiger partial charge in [-0.05, 0) is 18.6 Å². The molecular formula is C17H14N4O4. The molecule has 5 rings (SSSR count). The van der Waals surface area contributed by atoms with E-state index < -0.39 is 0 Å². The Hall–Kier alpha value is -3.00. The van der Waals surface area contributed by atoms with Gasteiger partial charge >= 0.3 is 0 Å². The molecule has 0 radical (unpaired) electrons. The number of hydrogen-bond acceptors (Lipinski definition) is 7. The maximum absolute atomic E-state index is 12.7. The van der Waals surface area contributed by atoms with Gasteiger partial charge in [-0.3, -0.25) is 9.36 Å². The number of benzene rings is 1. The van der Waals surface area contributed by atoms with Crippen LogP contribution in [0.3, 0.4) is 0 Å². The molecule has 0 saturated carbocycles. The van der Waals surface area contributed by atoms with Gasteiger partial charge in [0.05, 0.1) is 12.9 Å². The Labute approximate surface area is 141 Å². The van der Waals surface area contributed by atoms with E-state index in [1.54, 1.807) is 0 Å². The molecule has 1 atom stereocenters. The lowest BCUT2D eigenvalue weighted by Gasteiger charge is -2.00. The lowest BCUT2D eigenvalue weighted by Crippen LogP contribution is -2.20. The normalized spacial score (nSPS) is 17.7. The molecule has 1 fully saturated rings. The van der Waals surface area contributed by atoms with E-state index in [0.29, 0.717) is 36.0 Å². The van der Waals surface area contributed by atoms with Gasteiger partial charge in [0.2, 0.25) is 11.5 Å². The van der Waals surface area contributed by atoms with Crippen molar-refractivity contribution < 1.29 is 13.7 Å². The Morgan fingerprint density at radius 1 is 1.28 bits per heavy atom. The second kappa shape index (κ2) is 5.52. The lowest BCUT2D eigenvalue weighted by molar-refractivity contribution is 0.192. The van der Waals surface area contributed by atoms with Crippen LogP contribution in [0, 0.1) is 0 Å². The number of ether oxygens (including phenoxy) is 1. The summed E-state index contributed by atoms with van der Waals surface area (Å²) in [6, 6.07) is 7.44. The van der Waals surface area contributed by atoms with E-state index >= 15 is 0 Å². The summed E-state index contributed by atoms with van der Waals surface area (Å²) in [6.07, 6.45) is 2.36. The van der Waals surface area contributed by atoms with E-state index in [1.165, 1.54) is 10.9 Å². The average Bonchev–Trinajstić information content (AvgIpc) is 3.36. The Morgan fingerprint density at radius 3 is 3.08 bits per heavy atom. The van der Waals surface area contributed by atoms with E-state index in [2.05, 4.69) is 15.1 Å². The van der Waals surface area contributed by atoms with Crippen LogP contribution in [0.1, 0.15) is 24.1 Å². The Morgan fingerprint density at radius 2 is 2.20 bits per heavy atom. The van der Waals surface area contributed by atoms with Gasteiger partial charge in [0.1, 0.15) is 17.6 Å². The van der Waals surface area contributed by atoms with E-state index in [4.69, 9.17) is 13.7 Å². The molecule has 0 N–H and O–H groups in total. The summed E-state index contributed by atoms with van der Waals surface area (Å²) in [6.45, 7) is 1.46. The van der Waals surface area contributed by atoms with Gasteiger partial charge in [-0.2, -0.15) is 4.98 Å². The monoisotopic (exact) mass is 338 g/mol. The van der Waals surface area contributed by atoms with Gasteiger partial charge in [0, 0.05) is 17.9 Å². The molecule has 0 spiro atoms. The molecule has 1 unspecified atom stereocenters. The fourth-order valence-electron chi connectivity index (χ4n) is 3.11. The topological polar surface area (TPSA) is 96.2 Å². The first kappa shape index (κ1) is 14.4. The molecule has 8 nitrogen and oxygen atoms in total. The van der Waals surface area contributed by atoms with Crippen molar-refractivity contribution in [3.63, 3.8) is 0 Å². The lowest BCUT2D eigenvalue weighted by atomic mass is 10.1. The third-order valence-electron chi connectivity index (χ3n) is 4.43. The molecule has 1 saturated heterocycles. The van der Waals surface area contributed by atoms with Gasteiger partial charge in [-0.1, -0.05) is 17.3 Å². The van der Waals surface area contributed by atoms with Crippen molar-refractivity contribution in [2.24, 2.45) is 0 Å². The summed E-state index contributed by atoms with van der Waals surface area (Å²) >= 11 is 0. The maximum atomic E-state index is 12.7. The fourth-order valence-corrected chi connectivity index (χ4v) is 3.11. The first-order valence-corrected chi connectivity index (χ1v) is 8.06. The van der Waals surface area contributed by atoms with Crippen molar-refractivity contribution in [2.75, 3.05) is 13.2 Å². The van der Waals surface area contributed by atoms with Crippen LogP contribution in [0.15, 0.2) is 44.3 Å². The van der Waals surface area contributed by atoms with Crippen LogP contribution in [0.25, 0.3) is 22.1 Å². The largest absolute Gasteiger partial charge is 0.448 e. The highest BCUT2D eigenvalue weighted by molar-refractivity contribution is 6.01. The summed E-state index contributed by atoms with van der Waals surface area (Å²) < 4.78 is 17.7. The van der Waals surface area contributed by atoms with Crippen molar-refractivity contribution in [2.45, 2.75) is 18.9 Å². The van der Waals surface area contributed by atoms with Crippen LogP contribution < -0.4 is 5.56 Å². The predicted octanol–water partition coefficient (Wildman–Crippen LogP) is 2.08. The molecule has 8 heteroatoms. The minimum absolute atomic E-state index is 0.152. The highest BCUT2D eigenvalue weighted by Crippen LogP contribution is 2.24. The van der Waals surface area contributed by atoms with Crippen molar-refractivity contribution >= 4 is 22.1 Å². The quantitative estimate of drug-likeness (QED) is 0.564. The van der Waals surface area contributed by atoms with Crippen molar-refractivity contribution in [3.8, 4) is 0 Å². The summed E-state index contributed by atoms with van der Waals surface area (Å²) in [5.74, 6) is 1.14. The molecule has 0 amide bonds. The molecule has 0 bridgehead atoms. The Kier molecular flexibility index (Phi) is 3.17. The highest BCUT2D eigenvalue weighted by atomic mass is 16.5. The van der Waals surface area contributed by atoms with Gasteiger partial charge in [0.25, 0.3) is 5.56 Å². The van der Waals surface area contributed by atoms with Crippen LogP contribution in [-0.4, -0.2) is 32.9 Å². The number of hydrogen-bond donors (Lipinski definition) is 0. The molecule has 0 aliphatic carbocycles. The van der Waals surface area contributed by atoms with E-state index in [9.17, 15) is 4.79 Å². The second-order valence-electron chi connectivity index (χ2n) is 6.06. The second-order valence-corrected chi connectivity index (χ2v) is 6.06. The zero-order valence-electron chi connectivity index (χ0n) is 13.2.